The normalized spacial score (nSPS) is 18.8. The van der Waals surface area contributed by atoms with Crippen LogP contribution in [0.25, 0.3) is 0 Å². The van der Waals surface area contributed by atoms with Gasteiger partial charge in [-0.1, -0.05) is 0 Å². The second-order valence-electron chi connectivity index (χ2n) is 5.54. The molecule has 0 radical (unpaired) electrons. The highest BCUT2D eigenvalue weighted by Crippen LogP contribution is 2.46. The number of hydrogen-bond donors (Lipinski definition) is 2. The van der Waals surface area contributed by atoms with E-state index < -0.39 is 12.0 Å². The first-order valence-electron chi connectivity index (χ1n) is 7.48. The van der Waals surface area contributed by atoms with Crippen LogP contribution in [0.5, 0.6) is 11.5 Å². The zero-order chi connectivity index (χ0) is 17.1. The number of rotatable bonds is 6. The average Bonchev–Trinajstić information content (AvgIpc) is 3.32. The summed E-state index contributed by atoms with van der Waals surface area (Å²) in [7, 11) is 1.56. The van der Waals surface area contributed by atoms with Gasteiger partial charge in [0.1, 0.15) is 18.1 Å². The number of amides is 1. The van der Waals surface area contributed by atoms with Crippen LogP contribution in [-0.2, 0) is 6.61 Å². The Morgan fingerprint density at radius 1 is 1.46 bits per heavy atom. The summed E-state index contributed by atoms with van der Waals surface area (Å²) in [5.41, 5.74) is 1.20. The molecule has 6 nitrogen and oxygen atoms in total. The largest absolute Gasteiger partial charge is 0.497 e. The van der Waals surface area contributed by atoms with Crippen LogP contribution in [0.15, 0.2) is 36.5 Å². The average molecular weight is 332 g/mol. The number of methoxy groups -OCH3 is 1. The van der Waals surface area contributed by atoms with Crippen molar-refractivity contribution in [1.82, 2.24) is 10.3 Å². The number of nitrogens with zero attached hydrogens (tertiary/aromatic N) is 1. The standard InChI is InChI=1S/C17H17FN2O4/c1-23-11-4-5-15(24-9-10-3-2-6-19-16(10)18)13(7-11)12-8-14(12)20-17(21)22/h2-7,12,14,20H,8-9H2,1H3,(H,21,22). The van der Waals surface area contributed by atoms with Crippen molar-refractivity contribution in [2.45, 2.75) is 25.0 Å². The molecule has 7 heteroatoms. The van der Waals surface area contributed by atoms with E-state index in [0.29, 0.717) is 23.5 Å². The quantitative estimate of drug-likeness (QED) is 0.795. The first-order chi connectivity index (χ1) is 11.6. The van der Waals surface area contributed by atoms with Gasteiger partial charge in [-0.25, -0.2) is 9.78 Å². The SMILES string of the molecule is COc1ccc(OCc2cccnc2F)c(C2CC2NC(=O)O)c1. The molecule has 1 amide bonds. The Balaban J connectivity index is 1.77. The van der Waals surface area contributed by atoms with Crippen molar-refractivity contribution in [3.05, 3.63) is 53.6 Å². The topological polar surface area (TPSA) is 80.7 Å². The summed E-state index contributed by atoms with van der Waals surface area (Å²) >= 11 is 0. The number of hydrogen-bond acceptors (Lipinski definition) is 4. The molecular weight excluding hydrogens is 315 g/mol. The zero-order valence-electron chi connectivity index (χ0n) is 13.0. The van der Waals surface area contributed by atoms with E-state index in [9.17, 15) is 9.18 Å². The van der Waals surface area contributed by atoms with E-state index in [0.717, 1.165) is 5.56 Å². The van der Waals surface area contributed by atoms with Crippen LogP contribution < -0.4 is 14.8 Å². The number of carbonyl (C=O) groups is 1. The smallest absolute Gasteiger partial charge is 0.404 e. The van der Waals surface area contributed by atoms with Gasteiger partial charge in [0.25, 0.3) is 0 Å². The van der Waals surface area contributed by atoms with E-state index in [1.54, 1.807) is 31.4 Å². The minimum Gasteiger partial charge on any atom is -0.497 e. The second kappa shape index (κ2) is 6.74. The predicted octanol–water partition coefficient (Wildman–Crippen LogP) is 2.93. The fraction of sp³-hybridized carbons (Fsp3) is 0.294. The minimum absolute atomic E-state index is 0.0185. The molecule has 1 aliphatic carbocycles. The van der Waals surface area contributed by atoms with E-state index in [4.69, 9.17) is 14.6 Å². The van der Waals surface area contributed by atoms with Gasteiger partial charge >= 0.3 is 6.09 Å². The molecule has 24 heavy (non-hydrogen) atoms. The van der Waals surface area contributed by atoms with Crippen molar-refractivity contribution >= 4 is 6.09 Å². The van der Waals surface area contributed by atoms with Crippen molar-refractivity contribution in [1.29, 1.82) is 0 Å². The Labute approximate surface area is 138 Å². The van der Waals surface area contributed by atoms with Gasteiger partial charge in [0.05, 0.1) is 7.11 Å². The molecule has 0 saturated heterocycles. The van der Waals surface area contributed by atoms with Crippen molar-refractivity contribution in [2.24, 2.45) is 0 Å². The van der Waals surface area contributed by atoms with E-state index >= 15 is 0 Å². The van der Waals surface area contributed by atoms with Crippen molar-refractivity contribution in [2.75, 3.05) is 7.11 Å². The van der Waals surface area contributed by atoms with Gasteiger partial charge in [-0.05, 0) is 36.8 Å². The molecule has 0 aliphatic heterocycles. The molecule has 2 N–H and O–H groups in total. The van der Waals surface area contributed by atoms with Crippen molar-refractivity contribution in [3.8, 4) is 11.5 Å². The Hall–Kier alpha value is -2.83. The highest BCUT2D eigenvalue weighted by molar-refractivity contribution is 5.66. The summed E-state index contributed by atoms with van der Waals surface area (Å²) in [4.78, 5) is 14.4. The predicted molar refractivity (Wildman–Crippen MR) is 83.8 cm³/mol. The summed E-state index contributed by atoms with van der Waals surface area (Å²) in [6.45, 7) is 0.0444. The van der Waals surface area contributed by atoms with Gasteiger partial charge in [0.2, 0.25) is 5.95 Å². The molecule has 0 bridgehead atoms. The van der Waals surface area contributed by atoms with Crippen LogP contribution in [-0.4, -0.2) is 29.3 Å². The lowest BCUT2D eigenvalue weighted by Gasteiger charge is -2.13. The minimum atomic E-state index is -1.05. The number of pyridine rings is 1. The third kappa shape index (κ3) is 3.56. The van der Waals surface area contributed by atoms with Crippen LogP contribution in [0.4, 0.5) is 9.18 Å². The number of aromatic nitrogens is 1. The lowest BCUT2D eigenvalue weighted by molar-refractivity contribution is 0.193. The monoisotopic (exact) mass is 332 g/mol. The highest BCUT2D eigenvalue weighted by atomic mass is 19.1. The van der Waals surface area contributed by atoms with Gasteiger partial charge in [-0.2, -0.15) is 4.39 Å². The molecule has 2 unspecified atom stereocenters. The van der Waals surface area contributed by atoms with Crippen LogP contribution in [0.1, 0.15) is 23.5 Å². The van der Waals surface area contributed by atoms with Gasteiger partial charge in [-0.3, -0.25) is 0 Å². The Kier molecular flexibility index (Phi) is 4.50. The molecule has 1 aliphatic rings. The first kappa shape index (κ1) is 16.0. The molecule has 2 atom stereocenters. The third-order valence-electron chi connectivity index (χ3n) is 3.94. The second-order valence-corrected chi connectivity index (χ2v) is 5.54. The van der Waals surface area contributed by atoms with Gasteiger partial charge in [0.15, 0.2) is 0 Å². The van der Waals surface area contributed by atoms with Crippen LogP contribution in [0, 0.1) is 5.95 Å². The Morgan fingerprint density at radius 3 is 3.00 bits per heavy atom. The number of carboxylic acid groups (broad SMARTS) is 1. The molecule has 3 rings (SSSR count). The van der Waals surface area contributed by atoms with E-state index in [-0.39, 0.29) is 18.6 Å². The molecular formula is C17H17FN2O4. The summed E-state index contributed by atoms with van der Waals surface area (Å²) in [5.74, 6) is 0.693. The molecule has 1 fully saturated rings. The van der Waals surface area contributed by atoms with E-state index in [2.05, 4.69) is 10.3 Å². The lowest BCUT2D eigenvalue weighted by Crippen LogP contribution is -2.24. The van der Waals surface area contributed by atoms with Gasteiger partial charge in [-0.15, -0.1) is 0 Å². The summed E-state index contributed by atoms with van der Waals surface area (Å²) < 4.78 is 24.6. The van der Waals surface area contributed by atoms with Crippen molar-refractivity contribution < 1.29 is 23.8 Å². The summed E-state index contributed by atoms with van der Waals surface area (Å²) in [6, 6.07) is 8.43. The molecule has 2 aromatic rings. The lowest BCUT2D eigenvalue weighted by atomic mass is 10.1. The third-order valence-corrected chi connectivity index (χ3v) is 3.94. The molecule has 1 heterocycles. The van der Waals surface area contributed by atoms with Crippen LogP contribution in [0.3, 0.4) is 0 Å². The highest BCUT2D eigenvalue weighted by Gasteiger charge is 2.41. The summed E-state index contributed by atoms with van der Waals surface area (Å²) in [6.07, 6.45) is 1.02. The maximum Gasteiger partial charge on any atom is 0.404 e. The van der Waals surface area contributed by atoms with Gasteiger partial charge < -0.3 is 19.9 Å². The molecule has 0 spiro atoms. The first-order valence-corrected chi connectivity index (χ1v) is 7.48. The summed E-state index contributed by atoms with van der Waals surface area (Å²) in [5, 5.41) is 11.3. The maximum atomic E-state index is 13.6. The molecule has 126 valence electrons. The Morgan fingerprint density at radius 2 is 2.29 bits per heavy atom. The van der Waals surface area contributed by atoms with Gasteiger partial charge in [0, 0.05) is 29.3 Å². The van der Waals surface area contributed by atoms with E-state index in [1.807, 2.05) is 6.07 Å². The fourth-order valence-electron chi connectivity index (χ4n) is 2.61. The van der Waals surface area contributed by atoms with E-state index in [1.165, 1.54) is 6.20 Å². The number of halogens is 1. The number of benzene rings is 1. The fourth-order valence-corrected chi connectivity index (χ4v) is 2.61. The van der Waals surface area contributed by atoms with Crippen molar-refractivity contribution in [3.63, 3.8) is 0 Å². The number of ether oxygens (including phenoxy) is 2. The van der Waals surface area contributed by atoms with Crippen LogP contribution in [0.2, 0.25) is 0 Å². The maximum absolute atomic E-state index is 13.6. The zero-order valence-corrected chi connectivity index (χ0v) is 13.0. The molecule has 1 aromatic carbocycles. The molecule has 1 aromatic heterocycles. The number of nitrogens with one attached hydrogen (secondary N) is 1. The molecule has 1 saturated carbocycles. The van der Waals surface area contributed by atoms with Crippen LogP contribution >= 0.6 is 0 Å². The Bertz CT molecular complexity index is 753.